The molecule has 1 unspecified atom stereocenters. The van der Waals surface area contributed by atoms with E-state index in [4.69, 9.17) is 38.3 Å². The van der Waals surface area contributed by atoms with Gasteiger partial charge in [-0.2, -0.15) is 0 Å². The van der Waals surface area contributed by atoms with Crippen molar-refractivity contribution >= 4 is 88.6 Å². The number of methoxy groups -OCH3 is 1. The van der Waals surface area contributed by atoms with Crippen LogP contribution in [0.25, 0.3) is 0 Å². The zero-order chi connectivity index (χ0) is 71.2. The lowest BCUT2D eigenvalue weighted by molar-refractivity contribution is -0.154. The molecule has 0 bridgehead atoms. The first-order valence-corrected chi connectivity index (χ1v) is 32.3. The normalized spacial score (nSPS) is 23.1. The fraction of sp³-hybridized carbons (Fsp3) is 0.656. The molecule has 1 aromatic rings. The number of carbonyl (C=O) groups excluding carboxylic acids is 12. The van der Waals surface area contributed by atoms with Crippen molar-refractivity contribution in [2.75, 3.05) is 39.2 Å². The van der Waals surface area contributed by atoms with Crippen molar-refractivity contribution in [1.29, 1.82) is 0 Å². The van der Waals surface area contributed by atoms with Gasteiger partial charge in [0.2, 0.25) is 47.3 Å². The molecule has 13 atom stereocenters. The lowest BCUT2D eigenvalue weighted by Crippen LogP contribution is -2.63. The molecule has 0 saturated carbocycles. The van der Waals surface area contributed by atoms with Crippen molar-refractivity contribution in [3.63, 3.8) is 0 Å². The number of esters is 2. The number of ether oxygens (including phenoxy) is 2. The summed E-state index contributed by atoms with van der Waals surface area (Å²) in [6.45, 7) is 2.57. The predicted octanol–water partition coefficient (Wildman–Crippen LogP) is -4.34. The summed E-state index contributed by atoms with van der Waals surface area (Å²) in [6, 6.07) is -9.53. The van der Waals surface area contributed by atoms with Gasteiger partial charge in [0.25, 0.3) is 11.8 Å². The number of unbranched alkanes of at least 4 members (excludes halogenated alkanes) is 9. The number of nitrogens with one attached hydrogen (secondary N) is 10. The topological polar surface area (TPSA) is 540 Å². The molecule has 1 saturated heterocycles. The van der Waals surface area contributed by atoms with Gasteiger partial charge in [-0.25, -0.2) is 9.59 Å². The maximum atomic E-state index is 14.6. The number of alkyl halides is 1. The Balaban J connectivity index is 2.90. The summed E-state index contributed by atoms with van der Waals surface area (Å²) in [7, 11) is 0.993. The summed E-state index contributed by atoms with van der Waals surface area (Å²) >= 11 is 6.01. The smallest absolute Gasteiger partial charge is 0.331 e. The van der Waals surface area contributed by atoms with Crippen molar-refractivity contribution in [1.82, 2.24) is 53.2 Å². The molecule has 10 amide bonds. The first kappa shape index (κ1) is 83.2. The maximum absolute atomic E-state index is 14.6. The van der Waals surface area contributed by atoms with E-state index in [1.165, 1.54) is 6.92 Å². The van der Waals surface area contributed by atoms with Crippen LogP contribution >= 0.6 is 11.6 Å². The van der Waals surface area contributed by atoms with Crippen LogP contribution in [-0.4, -0.2) is 221 Å². The van der Waals surface area contributed by atoms with Gasteiger partial charge in [0.15, 0.2) is 12.1 Å². The Morgan fingerprint density at radius 2 is 1.20 bits per heavy atom. The largest absolute Gasteiger partial charge is 0.481 e. The Hall–Kier alpha value is -7.92. The number of hydrogen-bond donors (Lipinski definition) is 18. The van der Waals surface area contributed by atoms with Crippen LogP contribution in [0.5, 0.6) is 0 Å². The molecule has 0 aliphatic carbocycles. The minimum Gasteiger partial charge on any atom is -0.481 e. The molecule has 34 heteroatoms. The number of aliphatic hydroxyl groups is 4. The second kappa shape index (κ2) is 45.5. The summed E-state index contributed by atoms with van der Waals surface area (Å²) in [5.74, 6) is -18.3. The van der Waals surface area contributed by atoms with Gasteiger partial charge in [-0.15, -0.1) is 11.6 Å². The molecule has 534 valence electrons. The standard InChI is InChI=1S/C61H98ClN13O20/c1-5-7-8-9-10-11-12-13-17-22-36(77)30-45(79)66-43-33-95-61(93)48(44(78)32-62)74-58(90)49(50(82)59(91)72-42(60(92)94-4)29-35-20-15-14-16-21-35)75-51(83)37(6-2)67-57(89)47(34(3)76)73-54(86)40(25-28-65)69-52(84)38(23-18-19-26-63)68-55(87)41(31-46(80)81)71-53(85)39(24-27-64)70-56(43)88/h6,14-16,20-21,34,36,38-44,47-50,76-78,82H,5,7-13,17-19,22-33,63-65H2,1-4H3,(H,66,79)(H,67,89)(H,68,87)(H,69,84)(H,70,88)(H,71,85)(H,72,91)(H,73,86)(H,74,90)(H,75,83)(H,80,81)/b37-6+/t34-,36-,38-,39+,40-,41-,42-,43-,44+,47-,48-,49-,50?/m0/s1. The van der Waals surface area contributed by atoms with Crippen LogP contribution in [-0.2, 0) is 78.2 Å². The molecular formula is C61H98ClN13O20. The number of aliphatic carboxylic acids is 1. The molecule has 1 aliphatic rings. The van der Waals surface area contributed by atoms with Gasteiger partial charge < -0.3 is 105 Å². The quantitative estimate of drug-likeness (QED) is 0.0140. The molecule has 1 heterocycles. The number of allylic oxidation sites excluding steroid dienone is 1. The second-order valence-corrected chi connectivity index (χ2v) is 23.1. The highest BCUT2D eigenvalue weighted by molar-refractivity contribution is 6.18. The summed E-state index contributed by atoms with van der Waals surface area (Å²) in [4.78, 5) is 181. The van der Waals surface area contributed by atoms with Crippen molar-refractivity contribution in [3.8, 4) is 0 Å². The van der Waals surface area contributed by atoms with Crippen LogP contribution in [0, 0.1) is 0 Å². The van der Waals surface area contributed by atoms with Gasteiger partial charge in [-0.3, -0.25) is 52.7 Å². The van der Waals surface area contributed by atoms with Crippen molar-refractivity contribution in [2.24, 2.45) is 17.2 Å². The van der Waals surface area contributed by atoms with E-state index in [9.17, 15) is 87.9 Å². The first-order chi connectivity index (χ1) is 45.2. The maximum Gasteiger partial charge on any atom is 0.331 e. The molecule has 0 radical (unpaired) electrons. The van der Waals surface area contributed by atoms with Crippen LogP contribution in [0.4, 0.5) is 0 Å². The van der Waals surface area contributed by atoms with Gasteiger partial charge in [0.1, 0.15) is 60.6 Å². The van der Waals surface area contributed by atoms with E-state index in [2.05, 4.69) is 49.5 Å². The number of benzene rings is 1. The molecular weight excluding hydrogens is 1270 g/mol. The van der Waals surface area contributed by atoms with Gasteiger partial charge >= 0.3 is 17.9 Å². The second-order valence-electron chi connectivity index (χ2n) is 22.8. The molecule has 0 spiro atoms. The van der Waals surface area contributed by atoms with Crippen molar-refractivity contribution in [2.45, 2.75) is 215 Å². The molecule has 2 rings (SSSR count). The van der Waals surface area contributed by atoms with Crippen molar-refractivity contribution < 1.29 is 97.3 Å². The molecule has 1 aliphatic heterocycles. The van der Waals surface area contributed by atoms with Gasteiger partial charge in [-0.1, -0.05) is 101 Å². The predicted molar refractivity (Wildman–Crippen MR) is 342 cm³/mol. The lowest BCUT2D eigenvalue weighted by Gasteiger charge is -2.29. The third kappa shape index (κ3) is 30.6. The number of halogens is 1. The first-order valence-electron chi connectivity index (χ1n) is 31.8. The number of hydrogen-bond acceptors (Lipinski definition) is 22. The molecule has 1 fully saturated rings. The fourth-order valence-corrected chi connectivity index (χ4v) is 9.86. The minimum absolute atomic E-state index is 0.112. The number of carboxylic acid groups (broad SMARTS) is 1. The minimum atomic E-state index is -2.76. The van der Waals surface area contributed by atoms with Crippen LogP contribution < -0.4 is 70.4 Å². The average Bonchev–Trinajstić information content (AvgIpc) is 0.864. The van der Waals surface area contributed by atoms with Crippen LogP contribution in [0.15, 0.2) is 42.1 Å². The zero-order valence-electron chi connectivity index (χ0n) is 54.2. The van der Waals surface area contributed by atoms with Crippen LogP contribution in [0.1, 0.15) is 135 Å². The Morgan fingerprint density at radius 3 is 1.74 bits per heavy atom. The van der Waals surface area contributed by atoms with E-state index in [1.807, 2.05) is 10.6 Å². The molecule has 1 aromatic carbocycles. The van der Waals surface area contributed by atoms with Crippen LogP contribution in [0.2, 0.25) is 0 Å². The Morgan fingerprint density at radius 1 is 0.663 bits per heavy atom. The molecule has 95 heavy (non-hydrogen) atoms. The average molecular weight is 1370 g/mol. The number of amides is 10. The summed E-state index contributed by atoms with van der Waals surface area (Å²) < 4.78 is 10.3. The number of aliphatic hydroxyl groups excluding tert-OH is 4. The van der Waals surface area contributed by atoms with E-state index in [-0.39, 0.29) is 58.2 Å². The SMILES string of the molecule is C/C=C1/NC(=O)[C@H]([C@H](C)O)NC(=O)[C@H](CCN)NC(=O)[C@H](CCCCN)NC(=O)[C@H](CC(=O)O)NC(=O)[C@@H](CCN)NC(=O)[C@@H](NC(=O)C[C@@H](O)CCCCCCCCCCC)COC(=O)[C@H]([C@H](O)CCl)NC(=O)[C@H](C(O)C(=O)N[C@@H](Cc2ccccc2)C(=O)OC)NC1=O. The number of carboxylic acids is 1. The Kier molecular flexibility index (Phi) is 39.8. The highest BCUT2D eigenvalue weighted by Gasteiger charge is 2.42. The van der Waals surface area contributed by atoms with E-state index >= 15 is 0 Å². The van der Waals surface area contributed by atoms with Crippen molar-refractivity contribution in [3.05, 3.63) is 47.7 Å². The van der Waals surface area contributed by atoms with E-state index in [1.54, 1.807) is 30.3 Å². The van der Waals surface area contributed by atoms with E-state index in [0.717, 1.165) is 71.5 Å². The number of carbonyl (C=O) groups is 13. The van der Waals surface area contributed by atoms with Gasteiger partial charge in [-0.05, 0) is 77.6 Å². The fourth-order valence-electron chi connectivity index (χ4n) is 9.68. The van der Waals surface area contributed by atoms with Gasteiger partial charge in [0.05, 0.1) is 44.1 Å². The molecule has 33 nitrogen and oxygen atoms in total. The summed E-state index contributed by atoms with van der Waals surface area (Å²) in [5, 5.41) is 77.0. The summed E-state index contributed by atoms with van der Waals surface area (Å²) in [5.41, 5.74) is 17.1. The molecule has 21 N–H and O–H groups in total. The van der Waals surface area contributed by atoms with Gasteiger partial charge in [0, 0.05) is 6.42 Å². The lowest BCUT2D eigenvalue weighted by atomic mass is 10.0. The molecule has 0 aromatic heterocycles. The highest BCUT2D eigenvalue weighted by Crippen LogP contribution is 2.15. The third-order valence-electron chi connectivity index (χ3n) is 15.1. The zero-order valence-corrected chi connectivity index (χ0v) is 55.0. The number of nitrogens with two attached hydrogens (primary N) is 3. The van der Waals surface area contributed by atoms with E-state index < -0.39 is 193 Å². The highest BCUT2D eigenvalue weighted by atomic mass is 35.5. The Labute approximate surface area is 556 Å². The third-order valence-corrected chi connectivity index (χ3v) is 15.4. The van der Waals surface area contributed by atoms with E-state index in [0.29, 0.717) is 12.0 Å². The van der Waals surface area contributed by atoms with Crippen LogP contribution in [0.3, 0.4) is 0 Å². The monoisotopic (exact) mass is 1370 g/mol. The summed E-state index contributed by atoms with van der Waals surface area (Å²) in [6.07, 6.45) is -0.817. The Bertz CT molecular complexity index is 2710. The number of cyclic esters (lactones) is 1. The number of rotatable bonds is 32.